The Hall–Kier alpha value is -0.630. The number of aldehydes is 1. The van der Waals surface area contributed by atoms with Gasteiger partial charge < -0.3 is 4.79 Å². The van der Waals surface area contributed by atoms with Crippen LogP contribution in [0.25, 0.3) is 0 Å². The SMILES string of the molecule is CC(CC=O)c1ccc(C2CCCC2)c(Br)c1. The van der Waals surface area contributed by atoms with Crippen LogP contribution in [0.3, 0.4) is 0 Å². The van der Waals surface area contributed by atoms with Gasteiger partial charge >= 0.3 is 0 Å². The molecule has 0 N–H and O–H groups in total. The molecule has 1 nitrogen and oxygen atoms in total. The van der Waals surface area contributed by atoms with E-state index in [1.807, 2.05) is 0 Å². The van der Waals surface area contributed by atoms with Gasteiger partial charge in [0.15, 0.2) is 0 Å². The van der Waals surface area contributed by atoms with E-state index in [2.05, 4.69) is 41.1 Å². The van der Waals surface area contributed by atoms with Gasteiger partial charge in [-0.2, -0.15) is 0 Å². The number of hydrogen-bond acceptors (Lipinski definition) is 1. The number of rotatable bonds is 4. The lowest BCUT2D eigenvalue weighted by Crippen LogP contribution is -1.98. The molecule has 0 heterocycles. The van der Waals surface area contributed by atoms with Crippen LogP contribution >= 0.6 is 15.9 Å². The van der Waals surface area contributed by atoms with Crippen LogP contribution in [0.15, 0.2) is 22.7 Å². The van der Waals surface area contributed by atoms with Crippen LogP contribution in [0.5, 0.6) is 0 Å². The molecule has 0 radical (unpaired) electrons. The zero-order chi connectivity index (χ0) is 12.3. The summed E-state index contributed by atoms with van der Waals surface area (Å²) in [6.45, 7) is 2.10. The summed E-state index contributed by atoms with van der Waals surface area (Å²) in [4.78, 5) is 10.5. The van der Waals surface area contributed by atoms with E-state index in [4.69, 9.17) is 0 Å². The van der Waals surface area contributed by atoms with Gasteiger partial charge in [0.05, 0.1) is 0 Å². The molecule has 0 bridgehead atoms. The van der Waals surface area contributed by atoms with Gasteiger partial charge in [-0.1, -0.05) is 47.8 Å². The molecular formula is C15H19BrO. The highest BCUT2D eigenvalue weighted by molar-refractivity contribution is 9.10. The number of carbonyl (C=O) groups excluding carboxylic acids is 1. The topological polar surface area (TPSA) is 17.1 Å². The third kappa shape index (κ3) is 2.98. The zero-order valence-corrected chi connectivity index (χ0v) is 11.9. The van der Waals surface area contributed by atoms with E-state index < -0.39 is 0 Å². The second kappa shape index (κ2) is 5.81. The molecule has 1 fully saturated rings. The van der Waals surface area contributed by atoms with Crippen LogP contribution in [-0.2, 0) is 4.79 Å². The van der Waals surface area contributed by atoms with E-state index in [9.17, 15) is 4.79 Å². The Morgan fingerprint density at radius 1 is 1.41 bits per heavy atom. The van der Waals surface area contributed by atoms with Gasteiger partial charge in [-0.25, -0.2) is 0 Å². The molecule has 92 valence electrons. The van der Waals surface area contributed by atoms with Gasteiger partial charge in [0.2, 0.25) is 0 Å². The maximum atomic E-state index is 10.5. The van der Waals surface area contributed by atoms with E-state index in [1.165, 1.54) is 41.3 Å². The zero-order valence-electron chi connectivity index (χ0n) is 10.3. The molecule has 17 heavy (non-hydrogen) atoms. The summed E-state index contributed by atoms with van der Waals surface area (Å²) in [5.74, 6) is 1.06. The van der Waals surface area contributed by atoms with Crippen LogP contribution < -0.4 is 0 Å². The van der Waals surface area contributed by atoms with Crippen LogP contribution in [0.4, 0.5) is 0 Å². The summed E-state index contributed by atoms with van der Waals surface area (Å²) in [6.07, 6.45) is 6.98. The highest BCUT2D eigenvalue weighted by atomic mass is 79.9. The molecule has 1 unspecified atom stereocenters. The monoisotopic (exact) mass is 294 g/mol. The van der Waals surface area contributed by atoms with E-state index in [0.29, 0.717) is 12.3 Å². The van der Waals surface area contributed by atoms with Crippen molar-refractivity contribution in [2.45, 2.75) is 50.9 Å². The van der Waals surface area contributed by atoms with Gasteiger partial charge in [-0.3, -0.25) is 0 Å². The quantitative estimate of drug-likeness (QED) is 0.729. The van der Waals surface area contributed by atoms with Crippen molar-refractivity contribution in [2.75, 3.05) is 0 Å². The molecule has 0 saturated heterocycles. The molecule has 1 aliphatic rings. The minimum atomic E-state index is 0.321. The van der Waals surface area contributed by atoms with Crippen molar-refractivity contribution in [2.24, 2.45) is 0 Å². The van der Waals surface area contributed by atoms with Crippen LogP contribution in [-0.4, -0.2) is 6.29 Å². The van der Waals surface area contributed by atoms with Gasteiger partial charge in [0.25, 0.3) is 0 Å². The maximum absolute atomic E-state index is 10.5. The Labute approximate surface area is 112 Å². The van der Waals surface area contributed by atoms with Crippen molar-refractivity contribution in [1.29, 1.82) is 0 Å². The van der Waals surface area contributed by atoms with Gasteiger partial charge in [-0.05, 0) is 41.9 Å². The Balaban J connectivity index is 2.18. The fraction of sp³-hybridized carbons (Fsp3) is 0.533. The predicted octanol–water partition coefficient (Wildman–Crippen LogP) is 4.80. The Kier molecular flexibility index (Phi) is 4.38. The average Bonchev–Trinajstić information content (AvgIpc) is 2.82. The van der Waals surface area contributed by atoms with Crippen LogP contribution in [0.2, 0.25) is 0 Å². The number of halogens is 1. The fourth-order valence-electron chi connectivity index (χ4n) is 2.70. The maximum Gasteiger partial charge on any atom is 0.120 e. The predicted molar refractivity (Wildman–Crippen MR) is 74.4 cm³/mol. The second-order valence-corrected chi connectivity index (χ2v) is 5.92. The highest BCUT2D eigenvalue weighted by Gasteiger charge is 2.19. The van der Waals surface area contributed by atoms with Crippen molar-refractivity contribution >= 4 is 22.2 Å². The lowest BCUT2D eigenvalue weighted by molar-refractivity contribution is -0.108. The van der Waals surface area contributed by atoms with E-state index in [1.54, 1.807) is 0 Å². The Morgan fingerprint density at radius 2 is 2.12 bits per heavy atom. The first-order chi connectivity index (χ1) is 8.22. The van der Waals surface area contributed by atoms with E-state index >= 15 is 0 Å². The first kappa shape index (κ1) is 12.8. The van der Waals surface area contributed by atoms with Crippen LogP contribution in [0.1, 0.15) is 62.0 Å². The lowest BCUT2D eigenvalue weighted by atomic mass is 9.92. The third-order valence-corrected chi connectivity index (χ3v) is 4.53. The molecule has 1 aromatic rings. The molecule has 1 aromatic carbocycles. The molecule has 1 aliphatic carbocycles. The van der Waals surface area contributed by atoms with E-state index in [-0.39, 0.29) is 0 Å². The first-order valence-electron chi connectivity index (χ1n) is 6.45. The third-order valence-electron chi connectivity index (χ3n) is 3.84. The highest BCUT2D eigenvalue weighted by Crippen LogP contribution is 2.38. The van der Waals surface area contributed by atoms with E-state index in [0.717, 1.165) is 12.2 Å². The standard InChI is InChI=1S/C15H19BrO/c1-11(8-9-17)13-6-7-14(15(16)10-13)12-4-2-3-5-12/h6-7,9-12H,2-5,8H2,1H3. The van der Waals surface area contributed by atoms with Crippen molar-refractivity contribution in [1.82, 2.24) is 0 Å². The second-order valence-electron chi connectivity index (χ2n) is 5.07. The van der Waals surface area contributed by atoms with Crippen molar-refractivity contribution < 1.29 is 4.79 Å². The Bertz CT molecular complexity index is 394. The number of carbonyl (C=O) groups is 1. The van der Waals surface area contributed by atoms with Gasteiger partial charge in [0, 0.05) is 10.9 Å². The number of benzene rings is 1. The van der Waals surface area contributed by atoms with Gasteiger partial charge in [0.1, 0.15) is 6.29 Å². The molecule has 0 aliphatic heterocycles. The minimum absolute atomic E-state index is 0.321. The fourth-order valence-corrected chi connectivity index (χ4v) is 3.42. The largest absolute Gasteiger partial charge is 0.303 e. The molecule has 0 aromatic heterocycles. The normalized spacial score (nSPS) is 18.2. The van der Waals surface area contributed by atoms with Crippen molar-refractivity contribution in [3.8, 4) is 0 Å². The molecule has 1 atom stereocenters. The first-order valence-corrected chi connectivity index (χ1v) is 7.24. The number of hydrogen-bond donors (Lipinski definition) is 0. The summed E-state index contributed by atoms with van der Waals surface area (Å²) in [7, 11) is 0. The van der Waals surface area contributed by atoms with Crippen molar-refractivity contribution in [3.63, 3.8) is 0 Å². The molecule has 2 rings (SSSR count). The average molecular weight is 295 g/mol. The van der Waals surface area contributed by atoms with Crippen LogP contribution in [0, 0.1) is 0 Å². The molecule has 2 heteroatoms. The summed E-state index contributed by atoms with van der Waals surface area (Å²) >= 11 is 3.69. The smallest absolute Gasteiger partial charge is 0.120 e. The summed E-state index contributed by atoms with van der Waals surface area (Å²) in [5.41, 5.74) is 2.70. The summed E-state index contributed by atoms with van der Waals surface area (Å²) < 4.78 is 1.22. The summed E-state index contributed by atoms with van der Waals surface area (Å²) in [5, 5.41) is 0. The molecule has 1 saturated carbocycles. The minimum Gasteiger partial charge on any atom is -0.303 e. The molecular weight excluding hydrogens is 276 g/mol. The molecule has 0 amide bonds. The Morgan fingerprint density at radius 3 is 2.71 bits per heavy atom. The summed E-state index contributed by atoms with van der Waals surface area (Å²) in [6, 6.07) is 6.63. The van der Waals surface area contributed by atoms with Crippen molar-refractivity contribution in [3.05, 3.63) is 33.8 Å². The lowest BCUT2D eigenvalue weighted by Gasteiger charge is -2.15. The molecule has 0 spiro atoms. The van der Waals surface area contributed by atoms with Gasteiger partial charge in [-0.15, -0.1) is 0 Å².